The molecule has 2 rings (SSSR count). The molecule has 0 atom stereocenters. The largest absolute Gasteiger partial charge is 0.366 e. The molecule has 3 N–H and O–H groups in total. The molecule has 6 heteroatoms. The van der Waals surface area contributed by atoms with Crippen molar-refractivity contribution in [2.45, 2.75) is 23.8 Å². The van der Waals surface area contributed by atoms with Crippen LogP contribution in [-0.4, -0.2) is 32.5 Å². The number of nitrogens with one attached hydrogen (secondary N) is 3. The van der Waals surface area contributed by atoms with E-state index in [1.54, 1.807) is 6.20 Å². The number of H-pyrrole nitrogens is 1. The maximum atomic E-state index is 11.6. The van der Waals surface area contributed by atoms with Gasteiger partial charge in [0.2, 0.25) is 10.0 Å². The van der Waals surface area contributed by atoms with Crippen LogP contribution in [0, 0.1) is 0 Å². The van der Waals surface area contributed by atoms with E-state index in [2.05, 4.69) is 15.0 Å². The molecular formula is C9H15N3O2S. The molecule has 1 aromatic rings. The van der Waals surface area contributed by atoms with Crippen molar-refractivity contribution in [3.05, 3.63) is 18.5 Å². The Morgan fingerprint density at radius 2 is 2.20 bits per heavy atom. The predicted octanol–water partition coefficient (Wildman–Crippen LogP) is 0.0450. The molecule has 1 aromatic heterocycles. The van der Waals surface area contributed by atoms with Crippen LogP contribution in [-0.2, 0) is 10.0 Å². The topological polar surface area (TPSA) is 74.0 Å². The normalized spacial score (nSPS) is 16.8. The second kappa shape index (κ2) is 4.34. The van der Waals surface area contributed by atoms with Crippen LogP contribution in [0.1, 0.15) is 12.8 Å². The quantitative estimate of drug-likeness (QED) is 0.603. The second-order valence-corrected chi connectivity index (χ2v) is 5.44. The van der Waals surface area contributed by atoms with Crippen LogP contribution in [0.3, 0.4) is 0 Å². The van der Waals surface area contributed by atoms with E-state index < -0.39 is 10.0 Å². The van der Waals surface area contributed by atoms with Crippen molar-refractivity contribution < 1.29 is 8.42 Å². The molecule has 0 saturated heterocycles. The smallest absolute Gasteiger partial charge is 0.242 e. The summed E-state index contributed by atoms with van der Waals surface area (Å²) >= 11 is 0. The van der Waals surface area contributed by atoms with Crippen LogP contribution in [0.5, 0.6) is 0 Å². The van der Waals surface area contributed by atoms with E-state index in [-0.39, 0.29) is 4.90 Å². The Balaban J connectivity index is 1.77. The second-order valence-electron chi connectivity index (χ2n) is 3.67. The Kier molecular flexibility index (Phi) is 3.08. The maximum Gasteiger partial charge on any atom is 0.242 e. The Morgan fingerprint density at radius 1 is 1.40 bits per heavy atom. The van der Waals surface area contributed by atoms with Gasteiger partial charge in [0, 0.05) is 31.5 Å². The summed E-state index contributed by atoms with van der Waals surface area (Å²) in [5.74, 6) is 0. The van der Waals surface area contributed by atoms with Gasteiger partial charge in [-0.15, -0.1) is 0 Å². The average molecular weight is 229 g/mol. The Bertz CT molecular complexity index is 395. The van der Waals surface area contributed by atoms with Gasteiger partial charge in [0.05, 0.1) is 4.90 Å². The fraction of sp³-hybridized carbons (Fsp3) is 0.556. The van der Waals surface area contributed by atoms with E-state index in [9.17, 15) is 8.42 Å². The molecule has 84 valence electrons. The summed E-state index contributed by atoms with van der Waals surface area (Å²) in [5.41, 5.74) is 0. The molecule has 5 nitrogen and oxygen atoms in total. The highest BCUT2D eigenvalue weighted by Gasteiger charge is 2.20. The van der Waals surface area contributed by atoms with Gasteiger partial charge in [-0.2, -0.15) is 0 Å². The van der Waals surface area contributed by atoms with Crippen molar-refractivity contribution in [3.8, 4) is 0 Å². The van der Waals surface area contributed by atoms with Crippen LogP contribution in [0.2, 0.25) is 0 Å². The van der Waals surface area contributed by atoms with Crippen molar-refractivity contribution in [1.29, 1.82) is 0 Å². The van der Waals surface area contributed by atoms with Gasteiger partial charge in [0.15, 0.2) is 0 Å². The van der Waals surface area contributed by atoms with Gasteiger partial charge >= 0.3 is 0 Å². The number of rotatable bonds is 6. The van der Waals surface area contributed by atoms with Crippen molar-refractivity contribution in [3.63, 3.8) is 0 Å². The third-order valence-corrected chi connectivity index (χ3v) is 3.77. The van der Waals surface area contributed by atoms with E-state index in [1.807, 2.05) is 0 Å². The summed E-state index contributed by atoms with van der Waals surface area (Å²) in [4.78, 5) is 3.01. The average Bonchev–Trinajstić information content (AvgIpc) is 2.83. The van der Waals surface area contributed by atoms with E-state index in [1.165, 1.54) is 25.1 Å². The van der Waals surface area contributed by atoms with Crippen molar-refractivity contribution in [1.82, 2.24) is 15.0 Å². The highest BCUT2D eigenvalue weighted by Crippen LogP contribution is 2.17. The summed E-state index contributed by atoms with van der Waals surface area (Å²) in [6.45, 7) is 1.12. The monoisotopic (exact) mass is 229 g/mol. The SMILES string of the molecule is O=S(=O)(NCCNC1CC1)c1cc[nH]c1. The van der Waals surface area contributed by atoms with E-state index in [0.29, 0.717) is 19.1 Å². The number of sulfonamides is 1. The van der Waals surface area contributed by atoms with E-state index >= 15 is 0 Å². The fourth-order valence-electron chi connectivity index (χ4n) is 1.31. The molecule has 0 aromatic carbocycles. The van der Waals surface area contributed by atoms with Crippen LogP contribution >= 0.6 is 0 Å². The van der Waals surface area contributed by atoms with E-state index in [4.69, 9.17) is 0 Å². The molecule has 1 saturated carbocycles. The summed E-state index contributed by atoms with van der Waals surface area (Å²) in [6.07, 6.45) is 5.49. The molecule has 0 spiro atoms. The zero-order chi connectivity index (χ0) is 10.7. The highest BCUT2D eigenvalue weighted by atomic mass is 32.2. The first kappa shape index (κ1) is 10.7. The summed E-state index contributed by atoms with van der Waals surface area (Å²) in [7, 11) is -3.32. The van der Waals surface area contributed by atoms with Gasteiger partial charge in [0.1, 0.15) is 0 Å². The lowest BCUT2D eigenvalue weighted by molar-refractivity contribution is 0.575. The van der Waals surface area contributed by atoms with Gasteiger partial charge in [-0.25, -0.2) is 13.1 Å². The Hall–Kier alpha value is -0.850. The minimum absolute atomic E-state index is 0.286. The van der Waals surface area contributed by atoms with Crippen molar-refractivity contribution >= 4 is 10.0 Å². The zero-order valence-electron chi connectivity index (χ0n) is 8.36. The highest BCUT2D eigenvalue weighted by molar-refractivity contribution is 7.89. The number of aromatic nitrogens is 1. The van der Waals surface area contributed by atoms with Gasteiger partial charge in [-0.1, -0.05) is 0 Å². The number of hydrogen-bond donors (Lipinski definition) is 3. The first-order chi connectivity index (χ1) is 7.18. The molecular weight excluding hydrogens is 214 g/mol. The van der Waals surface area contributed by atoms with Crippen molar-refractivity contribution in [2.75, 3.05) is 13.1 Å². The summed E-state index contributed by atoms with van der Waals surface area (Å²) < 4.78 is 25.7. The van der Waals surface area contributed by atoms with Gasteiger partial charge < -0.3 is 10.3 Å². The fourth-order valence-corrected chi connectivity index (χ4v) is 2.32. The first-order valence-corrected chi connectivity index (χ1v) is 6.53. The third-order valence-electron chi connectivity index (χ3n) is 2.31. The minimum atomic E-state index is -3.32. The molecule has 1 heterocycles. The molecule has 0 bridgehead atoms. The first-order valence-electron chi connectivity index (χ1n) is 5.04. The van der Waals surface area contributed by atoms with Gasteiger partial charge in [-0.05, 0) is 18.9 Å². The van der Waals surface area contributed by atoms with Crippen LogP contribution in [0.15, 0.2) is 23.4 Å². The standard InChI is InChI=1S/C9H15N3O2S/c13-15(14,9-3-4-10-7-9)12-6-5-11-8-1-2-8/h3-4,7-8,10-12H,1-2,5-6H2. The van der Waals surface area contributed by atoms with Crippen LogP contribution in [0.4, 0.5) is 0 Å². The molecule has 0 unspecified atom stereocenters. The van der Waals surface area contributed by atoms with Crippen LogP contribution < -0.4 is 10.0 Å². The zero-order valence-corrected chi connectivity index (χ0v) is 9.18. The Labute approximate surface area is 89.3 Å². The summed E-state index contributed by atoms with van der Waals surface area (Å²) in [5, 5.41) is 3.24. The Morgan fingerprint density at radius 3 is 2.80 bits per heavy atom. The third kappa shape index (κ3) is 3.05. The maximum absolute atomic E-state index is 11.6. The molecule has 15 heavy (non-hydrogen) atoms. The van der Waals surface area contributed by atoms with Crippen molar-refractivity contribution in [2.24, 2.45) is 0 Å². The summed E-state index contributed by atoms with van der Waals surface area (Å²) in [6, 6.07) is 2.15. The lowest BCUT2D eigenvalue weighted by Crippen LogP contribution is -2.32. The van der Waals surface area contributed by atoms with Gasteiger partial charge in [0.25, 0.3) is 0 Å². The molecule has 0 radical (unpaired) electrons. The molecule has 1 aliphatic carbocycles. The van der Waals surface area contributed by atoms with E-state index in [0.717, 1.165) is 0 Å². The molecule has 1 aliphatic rings. The number of aromatic amines is 1. The lowest BCUT2D eigenvalue weighted by Gasteiger charge is -2.05. The number of hydrogen-bond acceptors (Lipinski definition) is 3. The predicted molar refractivity (Wildman–Crippen MR) is 57.0 cm³/mol. The van der Waals surface area contributed by atoms with Gasteiger partial charge in [-0.3, -0.25) is 0 Å². The molecule has 0 aliphatic heterocycles. The van der Waals surface area contributed by atoms with Crippen LogP contribution in [0.25, 0.3) is 0 Å². The molecule has 0 amide bonds. The lowest BCUT2D eigenvalue weighted by atomic mass is 10.6. The molecule has 1 fully saturated rings. The minimum Gasteiger partial charge on any atom is -0.366 e.